The van der Waals surface area contributed by atoms with Crippen LogP contribution in [-0.2, 0) is 32.6 Å². The van der Waals surface area contributed by atoms with Crippen LogP contribution in [0, 0.1) is 0 Å². The van der Waals surface area contributed by atoms with Crippen molar-refractivity contribution >= 4 is 39.1 Å². The summed E-state index contributed by atoms with van der Waals surface area (Å²) in [4.78, 5) is 28.9. The molecule has 7 nitrogen and oxygen atoms in total. The van der Waals surface area contributed by atoms with Crippen LogP contribution in [0.15, 0.2) is 83.8 Å². The molecule has 0 heterocycles. The fourth-order valence-electron chi connectivity index (χ4n) is 4.50. The number of nitrogens with one attached hydrogen (secondary N) is 1. The number of sulfonamides is 1. The molecule has 3 rings (SSSR count). The van der Waals surface area contributed by atoms with Crippen LogP contribution in [0.1, 0.15) is 51.2 Å². The highest BCUT2D eigenvalue weighted by Crippen LogP contribution is 2.28. The standard InChI is InChI=1S/C31H38ClN3O4S/c1-4-7-21-33-31(37)28(6-3)34(22-24-17-19-26(32)20-18-24)30(36)23-35(29-16-12-11-13-25(29)5-2)40(38,39)27-14-9-8-10-15-27/h8-20,28H,4-7,21-23H2,1-3H3,(H,33,37). The van der Waals surface area contributed by atoms with Gasteiger partial charge in [0.25, 0.3) is 10.0 Å². The van der Waals surface area contributed by atoms with Gasteiger partial charge in [-0.2, -0.15) is 0 Å². The zero-order valence-corrected chi connectivity index (χ0v) is 24.9. The third-order valence-corrected chi connectivity index (χ3v) is 8.76. The summed E-state index contributed by atoms with van der Waals surface area (Å²) in [5.41, 5.74) is 2.02. The van der Waals surface area contributed by atoms with E-state index in [0.29, 0.717) is 30.1 Å². The highest BCUT2D eigenvalue weighted by molar-refractivity contribution is 7.92. The zero-order chi connectivity index (χ0) is 29.1. The van der Waals surface area contributed by atoms with E-state index in [1.54, 1.807) is 54.6 Å². The molecule has 214 valence electrons. The Morgan fingerprint density at radius 2 is 1.55 bits per heavy atom. The monoisotopic (exact) mass is 583 g/mol. The van der Waals surface area contributed by atoms with E-state index in [-0.39, 0.29) is 17.3 Å². The van der Waals surface area contributed by atoms with E-state index in [9.17, 15) is 18.0 Å². The number of rotatable bonds is 14. The third-order valence-electron chi connectivity index (χ3n) is 6.73. The number of carbonyl (C=O) groups is 2. The van der Waals surface area contributed by atoms with Crippen LogP contribution < -0.4 is 9.62 Å². The lowest BCUT2D eigenvalue weighted by Gasteiger charge is -2.33. The average molecular weight is 584 g/mol. The van der Waals surface area contributed by atoms with Crippen molar-refractivity contribution in [3.63, 3.8) is 0 Å². The van der Waals surface area contributed by atoms with Crippen molar-refractivity contribution in [1.82, 2.24) is 10.2 Å². The maximum absolute atomic E-state index is 14.1. The number of para-hydroxylation sites is 1. The summed E-state index contributed by atoms with van der Waals surface area (Å²) < 4.78 is 29.1. The summed E-state index contributed by atoms with van der Waals surface area (Å²) in [6.45, 7) is 6.00. The Hall–Kier alpha value is -3.36. The Kier molecular flexibility index (Phi) is 11.6. The number of amides is 2. The summed E-state index contributed by atoms with van der Waals surface area (Å²) in [6, 6.07) is 21.5. The first kappa shape index (κ1) is 31.2. The molecule has 0 bridgehead atoms. The molecule has 0 fully saturated rings. The van der Waals surface area contributed by atoms with Crippen molar-refractivity contribution in [2.24, 2.45) is 0 Å². The number of benzene rings is 3. The predicted octanol–water partition coefficient (Wildman–Crippen LogP) is 5.82. The molecule has 0 saturated heterocycles. The maximum atomic E-state index is 14.1. The quantitative estimate of drug-likeness (QED) is 0.242. The zero-order valence-electron chi connectivity index (χ0n) is 23.3. The number of carbonyl (C=O) groups excluding carboxylic acids is 2. The van der Waals surface area contributed by atoms with Gasteiger partial charge in [-0.15, -0.1) is 0 Å². The maximum Gasteiger partial charge on any atom is 0.264 e. The van der Waals surface area contributed by atoms with Crippen LogP contribution in [0.2, 0.25) is 5.02 Å². The molecule has 2 amide bonds. The largest absolute Gasteiger partial charge is 0.354 e. The van der Waals surface area contributed by atoms with E-state index in [1.807, 2.05) is 32.9 Å². The summed E-state index contributed by atoms with van der Waals surface area (Å²) in [5, 5.41) is 3.50. The van der Waals surface area contributed by atoms with Gasteiger partial charge in [-0.05, 0) is 60.7 Å². The number of anilines is 1. The second-order valence-electron chi connectivity index (χ2n) is 9.52. The van der Waals surface area contributed by atoms with Gasteiger partial charge in [0.15, 0.2) is 0 Å². The first-order valence-corrected chi connectivity index (χ1v) is 15.5. The van der Waals surface area contributed by atoms with Gasteiger partial charge in [-0.25, -0.2) is 8.42 Å². The highest BCUT2D eigenvalue weighted by atomic mass is 35.5. The lowest BCUT2D eigenvalue weighted by Crippen LogP contribution is -2.52. The van der Waals surface area contributed by atoms with E-state index in [1.165, 1.54) is 21.3 Å². The number of aryl methyl sites for hydroxylation is 1. The fraction of sp³-hybridized carbons (Fsp3) is 0.355. The van der Waals surface area contributed by atoms with Crippen molar-refractivity contribution in [3.8, 4) is 0 Å². The second kappa shape index (κ2) is 14.9. The normalized spacial score (nSPS) is 12.0. The smallest absolute Gasteiger partial charge is 0.264 e. The first-order valence-electron chi connectivity index (χ1n) is 13.7. The van der Waals surface area contributed by atoms with E-state index < -0.39 is 28.5 Å². The number of hydrogen-bond acceptors (Lipinski definition) is 4. The lowest BCUT2D eigenvalue weighted by molar-refractivity contribution is -0.140. The Labute approximate surface area is 243 Å². The van der Waals surface area contributed by atoms with Crippen LogP contribution in [0.5, 0.6) is 0 Å². The molecule has 3 aromatic rings. The summed E-state index contributed by atoms with van der Waals surface area (Å²) in [5.74, 6) is -0.734. The van der Waals surface area contributed by atoms with Crippen molar-refractivity contribution in [2.45, 2.75) is 63.9 Å². The molecule has 0 aliphatic heterocycles. The number of halogens is 1. The molecule has 9 heteroatoms. The van der Waals surface area contributed by atoms with E-state index in [0.717, 1.165) is 24.0 Å². The van der Waals surface area contributed by atoms with E-state index >= 15 is 0 Å². The number of unbranched alkanes of at least 4 members (excludes halogenated alkanes) is 1. The Bertz CT molecular complexity index is 1360. The molecule has 1 N–H and O–H groups in total. The Balaban J connectivity index is 2.05. The van der Waals surface area contributed by atoms with E-state index in [4.69, 9.17) is 11.6 Å². The molecular weight excluding hydrogens is 546 g/mol. The Morgan fingerprint density at radius 1 is 0.900 bits per heavy atom. The highest BCUT2D eigenvalue weighted by Gasteiger charge is 2.34. The molecule has 0 spiro atoms. The van der Waals surface area contributed by atoms with Gasteiger partial charge >= 0.3 is 0 Å². The van der Waals surface area contributed by atoms with Crippen LogP contribution in [0.4, 0.5) is 5.69 Å². The molecule has 0 aliphatic carbocycles. The fourth-order valence-corrected chi connectivity index (χ4v) is 6.10. The van der Waals surface area contributed by atoms with Crippen LogP contribution in [0.3, 0.4) is 0 Å². The second-order valence-corrected chi connectivity index (χ2v) is 11.8. The molecule has 40 heavy (non-hydrogen) atoms. The minimum atomic E-state index is -4.10. The van der Waals surface area contributed by atoms with Crippen LogP contribution in [-0.4, -0.2) is 44.3 Å². The summed E-state index contributed by atoms with van der Waals surface area (Å²) in [7, 11) is -4.10. The van der Waals surface area contributed by atoms with Crippen LogP contribution >= 0.6 is 11.6 Å². The molecule has 0 saturated carbocycles. The molecule has 0 aliphatic rings. The van der Waals surface area contributed by atoms with Crippen molar-refractivity contribution in [2.75, 3.05) is 17.4 Å². The van der Waals surface area contributed by atoms with E-state index in [2.05, 4.69) is 5.32 Å². The van der Waals surface area contributed by atoms with Gasteiger partial charge in [-0.3, -0.25) is 13.9 Å². The minimum absolute atomic E-state index is 0.0855. The predicted molar refractivity (Wildman–Crippen MR) is 161 cm³/mol. The van der Waals surface area contributed by atoms with Gasteiger partial charge in [0.1, 0.15) is 12.6 Å². The van der Waals surface area contributed by atoms with Crippen molar-refractivity contribution in [3.05, 3.63) is 95.0 Å². The lowest BCUT2D eigenvalue weighted by atomic mass is 10.1. The molecule has 3 aromatic carbocycles. The molecule has 0 radical (unpaired) electrons. The van der Waals surface area contributed by atoms with Crippen LogP contribution in [0.25, 0.3) is 0 Å². The summed E-state index contributed by atoms with van der Waals surface area (Å²) in [6.07, 6.45) is 2.70. The molecular formula is C31H38ClN3O4S. The van der Waals surface area contributed by atoms with Gasteiger partial charge < -0.3 is 10.2 Å². The number of hydrogen-bond donors (Lipinski definition) is 1. The van der Waals surface area contributed by atoms with Gasteiger partial charge in [0.2, 0.25) is 11.8 Å². The molecule has 1 unspecified atom stereocenters. The van der Waals surface area contributed by atoms with Crippen molar-refractivity contribution in [1.29, 1.82) is 0 Å². The average Bonchev–Trinajstić information content (AvgIpc) is 2.97. The molecule has 0 aromatic heterocycles. The minimum Gasteiger partial charge on any atom is -0.354 e. The van der Waals surface area contributed by atoms with Crippen molar-refractivity contribution < 1.29 is 18.0 Å². The molecule has 1 atom stereocenters. The summed E-state index contributed by atoms with van der Waals surface area (Å²) >= 11 is 6.08. The first-order chi connectivity index (χ1) is 19.2. The number of nitrogens with zero attached hydrogens (tertiary/aromatic N) is 2. The van der Waals surface area contributed by atoms with Gasteiger partial charge in [-0.1, -0.05) is 87.3 Å². The SMILES string of the molecule is CCCCNC(=O)C(CC)N(Cc1ccc(Cl)cc1)C(=O)CN(c1ccccc1CC)S(=O)(=O)c1ccccc1. The van der Waals surface area contributed by atoms with Gasteiger partial charge in [0.05, 0.1) is 10.6 Å². The van der Waals surface area contributed by atoms with Gasteiger partial charge in [0, 0.05) is 18.1 Å². The topological polar surface area (TPSA) is 86.8 Å². The Morgan fingerprint density at radius 3 is 2.17 bits per heavy atom. The third kappa shape index (κ3) is 7.86.